The van der Waals surface area contributed by atoms with Crippen molar-refractivity contribution in [1.82, 2.24) is 0 Å². The van der Waals surface area contributed by atoms with Gasteiger partial charge in [-0.1, -0.05) is 12.1 Å². The summed E-state index contributed by atoms with van der Waals surface area (Å²) < 4.78 is 26.8. The standard InChI is InChI=1S/C11H12N2O2S2/c1-8-3-2-4-10(12)11(8)17(14,15)13-9-5-6-16-7-9/h2-7,13H,12H2,1H3. The van der Waals surface area contributed by atoms with E-state index in [1.165, 1.54) is 11.3 Å². The molecule has 0 unspecified atom stereocenters. The zero-order chi connectivity index (χ0) is 12.5. The zero-order valence-corrected chi connectivity index (χ0v) is 10.8. The van der Waals surface area contributed by atoms with E-state index in [9.17, 15) is 8.42 Å². The molecule has 0 spiro atoms. The number of nitrogen functional groups attached to an aromatic ring is 1. The number of nitrogens with one attached hydrogen (secondary N) is 1. The third-order valence-electron chi connectivity index (χ3n) is 2.28. The van der Waals surface area contributed by atoms with Gasteiger partial charge in [-0.15, -0.1) is 0 Å². The first-order chi connectivity index (χ1) is 8.00. The average molecular weight is 268 g/mol. The monoisotopic (exact) mass is 268 g/mol. The fraction of sp³-hybridized carbons (Fsp3) is 0.0909. The molecule has 0 atom stereocenters. The third-order valence-corrected chi connectivity index (χ3v) is 4.57. The summed E-state index contributed by atoms with van der Waals surface area (Å²) in [5.41, 5.74) is 7.16. The molecule has 0 aliphatic rings. The topological polar surface area (TPSA) is 72.2 Å². The summed E-state index contributed by atoms with van der Waals surface area (Å²) in [7, 11) is -3.61. The number of sulfonamides is 1. The molecule has 0 radical (unpaired) electrons. The van der Waals surface area contributed by atoms with E-state index in [0.29, 0.717) is 11.3 Å². The van der Waals surface area contributed by atoms with Crippen molar-refractivity contribution in [3.05, 3.63) is 40.6 Å². The van der Waals surface area contributed by atoms with Crippen LogP contribution in [0.1, 0.15) is 5.56 Å². The molecule has 0 fully saturated rings. The van der Waals surface area contributed by atoms with E-state index >= 15 is 0 Å². The maximum Gasteiger partial charge on any atom is 0.264 e. The minimum Gasteiger partial charge on any atom is -0.398 e. The van der Waals surface area contributed by atoms with Crippen molar-refractivity contribution >= 4 is 32.7 Å². The molecule has 1 aromatic carbocycles. The molecule has 1 heterocycles. The maximum atomic E-state index is 12.2. The van der Waals surface area contributed by atoms with E-state index in [0.717, 1.165) is 0 Å². The smallest absolute Gasteiger partial charge is 0.264 e. The van der Waals surface area contributed by atoms with Crippen LogP contribution in [0.15, 0.2) is 39.9 Å². The third kappa shape index (κ3) is 2.42. The van der Waals surface area contributed by atoms with Crippen LogP contribution in [-0.4, -0.2) is 8.42 Å². The summed E-state index contributed by atoms with van der Waals surface area (Å²) in [6.45, 7) is 1.72. The van der Waals surface area contributed by atoms with Crippen molar-refractivity contribution in [3.63, 3.8) is 0 Å². The quantitative estimate of drug-likeness (QED) is 0.840. The van der Waals surface area contributed by atoms with Crippen LogP contribution in [0.5, 0.6) is 0 Å². The number of thiophene rings is 1. The van der Waals surface area contributed by atoms with Gasteiger partial charge in [-0.3, -0.25) is 4.72 Å². The highest BCUT2D eigenvalue weighted by atomic mass is 32.2. The second-order valence-corrected chi connectivity index (χ2v) is 6.01. The highest BCUT2D eigenvalue weighted by Gasteiger charge is 2.19. The predicted octanol–water partition coefficient (Wildman–Crippen LogP) is 2.44. The Morgan fingerprint density at radius 2 is 2.06 bits per heavy atom. The molecule has 1 aromatic heterocycles. The minimum atomic E-state index is -3.61. The largest absolute Gasteiger partial charge is 0.398 e. The van der Waals surface area contributed by atoms with Crippen molar-refractivity contribution in [2.45, 2.75) is 11.8 Å². The first kappa shape index (κ1) is 11.9. The highest BCUT2D eigenvalue weighted by Crippen LogP contribution is 2.25. The molecule has 3 N–H and O–H groups in total. The number of benzene rings is 1. The number of anilines is 2. The van der Waals surface area contributed by atoms with Gasteiger partial charge in [0, 0.05) is 5.38 Å². The fourth-order valence-electron chi connectivity index (χ4n) is 1.57. The predicted molar refractivity (Wildman–Crippen MR) is 70.7 cm³/mol. The van der Waals surface area contributed by atoms with Crippen LogP contribution in [0, 0.1) is 6.92 Å². The molecule has 4 nitrogen and oxygen atoms in total. The van der Waals surface area contributed by atoms with Crippen molar-refractivity contribution in [2.75, 3.05) is 10.5 Å². The van der Waals surface area contributed by atoms with Crippen LogP contribution in [-0.2, 0) is 10.0 Å². The number of nitrogens with two attached hydrogens (primary N) is 1. The van der Waals surface area contributed by atoms with Crippen LogP contribution in [0.3, 0.4) is 0 Å². The van der Waals surface area contributed by atoms with Crippen LogP contribution in [0.2, 0.25) is 0 Å². The van der Waals surface area contributed by atoms with Crippen molar-refractivity contribution in [2.24, 2.45) is 0 Å². The van der Waals surface area contributed by atoms with E-state index in [1.807, 2.05) is 0 Å². The SMILES string of the molecule is Cc1cccc(N)c1S(=O)(=O)Nc1ccsc1. The van der Waals surface area contributed by atoms with Gasteiger partial charge in [0.1, 0.15) is 4.90 Å². The molecule has 6 heteroatoms. The van der Waals surface area contributed by atoms with E-state index in [4.69, 9.17) is 5.73 Å². The molecular formula is C11H12N2O2S2. The van der Waals surface area contributed by atoms with Crippen LogP contribution >= 0.6 is 11.3 Å². The fourth-order valence-corrected chi connectivity index (χ4v) is 3.64. The van der Waals surface area contributed by atoms with Gasteiger partial charge in [-0.05, 0) is 30.0 Å². The molecular weight excluding hydrogens is 256 g/mol. The Balaban J connectivity index is 2.45. The van der Waals surface area contributed by atoms with Gasteiger partial charge in [-0.25, -0.2) is 8.42 Å². The van der Waals surface area contributed by atoms with E-state index in [2.05, 4.69) is 4.72 Å². The lowest BCUT2D eigenvalue weighted by Gasteiger charge is -2.11. The Hall–Kier alpha value is -1.53. The Kier molecular flexibility index (Phi) is 3.08. The van der Waals surface area contributed by atoms with Gasteiger partial charge in [0.15, 0.2) is 0 Å². The van der Waals surface area contributed by atoms with E-state index in [-0.39, 0.29) is 10.6 Å². The molecule has 90 valence electrons. The lowest BCUT2D eigenvalue weighted by Crippen LogP contribution is -2.15. The average Bonchev–Trinajstić information content (AvgIpc) is 2.68. The maximum absolute atomic E-state index is 12.2. The number of hydrogen-bond donors (Lipinski definition) is 2. The number of aryl methyl sites for hydroxylation is 1. The summed E-state index contributed by atoms with van der Waals surface area (Å²) in [6, 6.07) is 6.73. The molecule has 0 saturated heterocycles. The molecule has 0 bridgehead atoms. The Morgan fingerprint density at radius 3 is 2.65 bits per heavy atom. The molecule has 0 aliphatic carbocycles. The normalized spacial score (nSPS) is 11.4. The van der Waals surface area contributed by atoms with Gasteiger partial charge in [0.05, 0.1) is 11.4 Å². The highest BCUT2D eigenvalue weighted by molar-refractivity contribution is 7.93. The first-order valence-electron chi connectivity index (χ1n) is 4.91. The first-order valence-corrected chi connectivity index (χ1v) is 7.33. The van der Waals surface area contributed by atoms with Gasteiger partial charge >= 0.3 is 0 Å². The minimum absolute atomic E-state index is 0.145. The lowest BCUT2D eigenvalue weighted by atomic mass is 10.2. The van der Waals surface area contributed by atoms with E-state index in [1.54, 1.807) is 41.9 Å². The summed E-state index contributed by atoms with van der Waals surface area (Å²) in [5, 5.41) is 3.53. The van der Waals surface area contributed by atoms with Gasteiger partial charge in [-0.2, -0.15) is 11.3 Å². The molecule has 0 saturated carbocycles. The Bertz CT molecular complexity index is 599. The summed E-state index contributed by atoms with van der Waals surface area (Å²) in [4.78, 5) is 0.145. The van der Waals surface area contributed by atoms with E-state index < -0.39 is 10.0 Å². The second kappa shape index (κ2) is 4.38. The van der Waals surface area contributed by atoms with Gasteiger partial charge in [0.25, 0.3) is 10.0 Å². The van der Waals surface area contributed by atoms with Crippen molar-refractivity contribution < 1.29 is 8.42 Å². The van der Waals surface area contributed by atoms with Gasteiger partial charge in [0.2, 0.25) is 0 Å². The zero-order valence-electron chi connectivity index (χ0n) is 9.17. The van der Waals surface area contributed by atoms with Gasteiger partial charge < -0.3 is 5.73 Å². The van der Waals surface area contributed by atoms with Crippen LogP contribution in [0.4, 0.5) is 11.4 Å². The summed E-state index contributed by atoms with van der Waals surface area (Å²) in [6.07, 6.45) is 0. The van der Waals surface area contributed by atoms with Crippen LogP contribution < -0.4 is 10.5 Å². The number of hydrogen-bond acceptors (Lipinski definition) is 4. The summed E-state index contributed by atoms with van der Waals surface area (Å²) >= 11 is 1.43. The van der Waals surface area contributed by atoms with Crippen molar-refractivity contribution in [3.8, 4) is 0 Å². The molecule has 17 heavy (non-hydrogen) atoms. The molecule has 2 rings (SSSR count). The second-order valence-electron chi connectivity index (χ2n) is 3.61. The molecule has 2 aromatic rings. The molecule has 0 aliphatic heterocycles. The van der Waals surface area contributed by atoms with Crippen molar-refractivity contribution in [1.29, 1.82) is 0 Å². The number of rotatable bonds is 3. The molecule has 0 amide bonds. The Morgan fingerprint density at radius 1 is 1.29 bits per heavy atom. The summed E-state index contributed by atoms with van der Waals surface area (Å²) in [5.74, 6) is 0. The lowest BCUT2D eigenvalue weighted by molar-refractivity contribution is 0.601. The van der Waals surface area contributed by atoms with Crippen LogP contribution in [0.25, 0.3) is 0 Å². The Labute approximate surface area is 104 Å².